The first-order valence-corrected chi connectivity index (χ1v) is 30.0. The molecule has 13 heteroatoms. The molecule has 3 aliphatic rings. The van der Waals surface area contributed by atoms with E-state index in [1.807, 2.05) is 0 Å². The third-order valence-electron chi connectivity index (χ3n) is 10.6. The molecule has 0 unspecified atom stereocenters. The predicted octanol–water partition coefficient (Wildman–Crippen LogP) is 14.5. The van der Waals surface area contributed by atoms with Crippen molar-refractivity contribution >= 4 is 50.3 Å². The van der Waals surface area contributed by atoms with Crippen molar-refractivity contribution in [3.05, 3.63) is 73.9 Å². The number of para-hydroxylation sites is 2. The van der Waals surface area contributed by atoms with Crippen molar-refractivity contribution in [2.24, 2.45) is 0 Å². The number of halogens is 3. The zero-order valence-corrected chi connectivity index (χ0v) is 46.5. The van der Waals surface area contributed by atoms with E-state index < -0.39 is 0 Å². The minimum atomic E-state index is 0.456. The van der Waals surface area contributed by atoms with Gasteiger partial charge < -0.3 is 34.1 Å². The minimum absolute atomic E-state index is 0.456. The summed E-state index contributed by atoms with van der Waals surface area (Å²) in [6.45, 7) is 34.9. The van der Waals surface area contributed by atoms with E-state index in [2.05, 4.69) is 189 Å². The second kappa shape index (κ2) is 37.3. The van der Waals surface area contributed by atoms with Crippen LogP contribution >= 0.6 is 27.6 Å². The van der Waals surface area contributed by atoms with Crippen LogP contribution < -0.4 is 24.3 Å². The Labute approximate surface area is 411 Å². The van der Waals surface area contributed by atoms with Crippen LogP contribution in [0.3, 0.4) is 0 Å². The fourth-order valence-electron chi connectivity index (χ4n) is 7.51. The van der Waals surface area contributed by atoms with Crippen LogP contribution in [0.5, 0.6) is 5.75 Å². The first-order valence-electron chi connectivity index (χ1n) is 21.9. The van der Waals surface area contributed by atoms with Crippen LogP contribution in [0.25, 0.3) is 0 Å². The molecule has 59 heavy (non-hydrogen) atoms. The Balaban J connectivity index is 0.000000878. The van der Waals surface area contributed by atoms with Crippen LogP contribution in [-0.2, 0) is 60.0 Å². The molecule has 3 heterocycles. The van der Waals surface area contributed by atoms with Crippen LogP contribution in [0.2, 0.25) is 0 Å². The Bertz CT molecular complexity index is 1310. The molecule has 7 nitrogen and oxygen atoms in total. The molecule has 0 saturated heterocycles. The molecule has 3 aliphatic heterocycles. The van der Waals surface area contributed by atoms with E-state index in [-0.39, 0.29) is 0 Å². The van der Waals surface area contributed by atoms with Gasteiger partial charge in [0.1, 0.15) is 5.75 Å². The summed E-state index contributed by atoms with van der Waals surface area (Å²) in [6.07, 6.45) is 15.9. The number of nitrogens with zero attached hydrogens (tertiary/aromatic N) is 6. The molecule has 0 bridgehead atoms. The zero-order valence-electron chi connectivity index (χ0n) is 37.7. The summed E-state index contributed by atoms with van der Waals surface area (Å²) in [5.41, 5.74) is 8.22. The van der Waals surface area contributed by atoms with Gasteiger partial charge in [-0.25, -0.2) is 0 Å². The summed E-state index contributed by atoms with van der Waals surface area (Å²) >= 11 is 5.25. The Kier molecular flexibility index (Phi) is 37.2. The molecule has 0 spiro atoms. The molecule has 354 valence electrons. The molecule has 2 aromatic carbocycles. The van der Waals surface area contributed by atoms with Crippen molar-refractivity contribution in [2.75, 3.05) is 58.9 Å². The van der Waals surface area contributed by atoms with E-state index in [0.717, 1.165) is 64.3 Å². The fourth-order valence-corrected chi connectivity index (χ4v) is 7.51. The molecular formula is C46H77Au3Cl3N6O-3. The van der Waals surface area contributed by atoms with Gasteiger partial charge in [0.25, 0.3) is 0 Å². The zero-order chi connectivity index (χ0) is 44.6. The maximum absolute atomic E-state index is 6.04. The van der Waals surface area contributed by atoms with Crippen molar-refractivity contribution in [3.63, 3.8) is 0 Å². The monoisotopic (exact) mass is 1430 g/mol. The van der Waals surface area contributed by atoms with Gasteiger partial charge in [-0.1, -0.05) is 90.7 Å². The number of hydrogen-bond donors (Lipinski definition) is 0. The quantitative estimate of drug-likeness (QED) is 0.0741. The molecule has 0 amide bonds. The molecule has 2 aromatic rings. The molecule has 5 rings (SSSR count). The van der Waals surface area contributed by atoms with Crippen molar-refractivity contribution in [1.82, 2.24) is 9.80 Å². The standard InChI is InChI=1S/C24H41N2O.C11H15N2.C11H21N2.3Au.3ClH/c1-5-7-8-9-10-11-12-13-14-15-18-27-22-16-17-23-24(19-22)26(21(3)4)20-25(23)6-2;1-3-12-9-13(4-2)11-8-6-5-7-10(11)12;1-5-10-11(6-2)13(8-4)9-12(10)7-3;;;;;;/h16-17,19-21H,5-15,18H2,1-4H3;5-9H,3-4H2,1-2H3;9H,5-8H2,1-4H3;;;;3*1H/q3*-1;3*+1;;;/p-3. The normalized spacial score (nSPS) is 13.7. The van der Waals surface area contributed by atoms with Gasteiger partial charge in [0.15, 0.2) is 0 Å². The van der Waals surface area contributed by atoms with Gasteiger partial charge in [0, 0.05) is 40.2 Å². The van der Waals surface area contributed by atoms with E-state index in [4.69, 9.17) is 4.74 Å². The molecule has 0 radical (unpaired) electrons. The summed E-state index contributed by atoms with van der Waals surface area (Å²) < 4.78 is 6.04. The van der Waals surface area contributed by atoms with Gasteiger partial charge in [0.05, 0.1) is 6.61 Å². The first kappa shape index (κ1) is 58.9. The van der Waals surface area contributed by atoms with Gasteiger partial charge in [-0.2, -0.15) is 20.0 Å². The number of benzene rings is 2. The van der Waals surface area contributed by atoms with E-state index in [1.54, 1.807) is 60.0 Å². The Hall–Kier alpha value is -0.129. The van der Waals surface area contributed by atoms with E-state index in [0.29, 0.717) is 6.04 Å². The molecule has 0 saturated carbocycles. The maximum atomic E-state index is 6.04. The Morgan fingerprint density at radius 2 is 0.881 bits per heavy atom. The number of anilines is 4. The van der Waals surface area contributed by atoms with Crippen molar-refractivity contribution in [1.29, 1.82) is 0 Å². The predicted molar refractivity (Wildman–Crippen MR) is 250 cm³/mol. The number of rotatable bonds is 20. The SMILES string of the molecule is CCC1=C(CC)N(CC)[CH-]N1CC.CCCCCCCCCCCCOc1ccc2c(c1)N(C(C)C)[CH-]N2CC.CCN1[CH-]N(CC)c2ccccc21.[Cl][Au].[Cl][Au].[Cl][Au]. The second-order valence-electron chi connectivity index (χ2n) is 14.5. The summed E-state index contributed by atoms with van der Waals surface area (Å²) in [6, 6.07) is 15.5. The van der Waals surface area contributed by atoms with Crippen LogP contribution in [0.1, 0.15) is 146 Å². The number of hydrogen-bond acceptors (Lipinski definition) is 7. The van der Waals surface area contributed by atoms with Gasteiger partial charge in [-0.3, -0.25) is 0 Å². The van der Waals surface area contributed by atoms with Gasteiger partial charge in [-0.05, 0) is 131 Å². The molecule has 0 aliphatic carbocycles. The van der Waals surface area contributed by atoms with Crippen LogP contribution in [-0.4, -0.2) is 55.2 Å². The average molecular weight is 1430 g/mol. The van der Waals surface area contributed by atoms with Crippen LogP contribution in [0.15, 0.2) is 53.9 Å². The molecule has 0 aromatic heterocycles. The summed E-state index contributed by atoms with van der Waals surface area (Å²) in [4.78, 5) is 13.9. The fraction of sp³-hybridized carbons (Fsp3) is 0.630. The van der Waals surface area contributed by atoms with Gasteiger partial charge in [-0.15, -0.1) is 0 Å². The topological polar surface area (TPSA) is 28.7 Å². The molecular weight excluding hydrogens is 1350 g/mol. The van der Waals surface area contributed by atoms with Gasteiger partial charge >= 0.3 is 87.5 Å². The number of allylic oxidation sites excluding steroid dienone is 2. The number of ether oxygens (including phenoxy) is 1. The third-order valence-corrected chi connectivity index (χ3v) is 10.6. The average Bonchev–Trinajstić information content (AvgIpc) is 3.98. The van der Waals surface area contributed by atoms with Gasteiger partial charge in [0.2, 0.25) is 0 Å². The molecule has 0 atom stereocenters. The van der Waals surface area contributed by atoms with Crippen LogP contribution in [0.4, 0.5) is 22.7 Å². The van der Waals surface area contributed by atoms with Crippen LogP contribution in [0, 0.1) is 20.0 Å². The van der Waals surface area contributed by atoms with Crippen molar-refractivity contribution in [3.8, 4) is 5.75 Å². The summed E-state index contributed by atoms with van der Waals surface area (Å²) in [5, 5.41) is 0. The molecule has 0 N–H and O–H groups in total. The third kappa shape index (κ3) is 20.1. The molecule has 0 fully saturated rings. The second-order valence-corrected chi connectivity index (χ2v) is 14.5. The van der Waals surface area contributed by atoms with E-state index in [9.17, 15) is 0 Å². The Morgan fingerprint density at radius 1 is 0.492 bits per heavy atom. The summed E-state index contributed by atoms with van der Waals surface area (Å²) in [5.74, 6) is 1.00. The first-order chi connectivity index (χ1) is 28.8. The number of unbranched alkanes of at least 4 members (excludes halogenated alkanes) is 9. The number of fused-ring (bicyclic) bond motifs is 2. The van der Waals surface area contributed by atoms with Crippen molar-refractivity contribution < 1.29 is 64.7 Å². The van der Waals surface area contributed by atoms with E-state index in [1.165, 1.54) is 91.9 Å². The summed E-state index contributed by atoms with van der Waals surface area (Å²) in [7, 11) is 13.8. The van der Waals surface area contributed by atoms with E-state index >= 15 is 0 Å². The Morgan fingerprint density at radius 3 is 1.29 bits per heavy atom. The van der Waals surface area contributed by atoms with Crippen molar-refractivity contribution in [2.45, 2.75) is 152 Å².